The number of carbonyl (C=O) groups is 1. The number of carbonyl (C=O) groups excluding carboxylic acids is 1. The smallest absolute Gasteiger partial charge is 0.247 e. The van der Waals surface area contributed by atoms with E-state index in [0.717, 1.165) is 29.8 Å². The van der Waals surface area contributed by atoms with Gasteiger partial charge in [0.05, 0.1) is 16.8 Å². The Balaban J connectivity index is 1.75. The van der Waals surface area contributed by atoms with Crippen molar-refractivity contribution in [3.63, 3.8) is 0 Å². The molecule has 0 bridgehead atoms. The van der Waals surface area contributed by atoms with Crippen LogP contribution < -0.4 is 9.62 Å². The molecule has 1 N–H and O–H groups in total. The predicted molar refractivity (Wildman–Crippen MR) is 121 cm³/mol. The number of nitrogens with zero attached hydrogens (tertiary/aromatic N) is 2. The molecule has 168 valence electrons. The number of sulfonamides is 2. The van der Waals surface area contributed by atoms with Crippen molar-refractivity contribution in [1.82, 2.24) is 4.31 Å². The maximum Gasteiger partial charge on any atom is 0.247 e. The maximum absolute atomic E-state index is 12.8. The summed E-state index contributed by atoms with van der Waals surface area (Å²) in [4.78, 5) is 12.9. The fourth-order valence-electron chi connectivity index (χ4n) is 3.59. The topological polar surface area (TPSA) is 104 Å². The molecule has 0 aliphatic carbocycles. The fraction of sp³-hybridized carbons (Fsp3) is 0.381. The number of amides is 1. The summed E-state index contributed by atoms with van der Waals surface area (Å²) in [5.74, 6) is -0.527. The van der Waals surface area contributed by atoms with Gasteiger partial charge in [-0.05, 0) is 56.2 Å². The second-order valence-corrected chi connectivity index (χ2v) is 11.3. The van der Waals surface area contributed by atoms with Gasteiger partial charge in [-0.1, -0.05) is 24.6 Å². The Kier molecular flexibility index (Phi) is 7.03. The first-order valence-corrected chi connectivity index (χ1v) is 13.3. The Bertz CT molecular complexity index is 1110. The lowest BCUT2D eigenvalue weighted by Crippen LogP contribution is -2.45. The number of hydrogen-bond donors (Lipinski definition) is 1. The molecule has 0 unspecified atom stereocenters. The number of nitrogens with one attached hydrogen (secondary N) is 1. The molecule has 3 rings (SSSR count). The molecule has 1 heterocycles. The van der Waals surface area contributed by atoms with Gasteiger partial charge < -0.3 is 5.32 Å². The lowest BCUT2D eigenvalue weighted by atomic mass is 10.2. The van der Waals surface area contributed by atoms with Crippen LogP contribution in [0, 0.1) is 0 Å². The Morgan fingerprint density at radius 3 is 2.06 bits per heavy atom. The van der Waals surface area contributed by atoms with Gasteiger partial charge in [0.25, 0.3) is 0 Å². The van der Waals surface area contributed by atoms with E-state index >= 15 is 0 Å². The van der Waals surface area contributed by atoms with Crippen LogP contribution in [0.5, 0.6) is 0 Å². The van der Waals surface area contributed by atoms with Crippen LogP contribution in [0.25, 0.3) is 0 Å². The van der Waals surface area contributed by atoms with Gasteiger partial charge >= 0.3 is 0 Å². The summed E-state index contributed by atoms with van der Waals surface area (Å²) in [5.41, 5.74) is 0.770. The highest BCUT2D eigenvalue weighted by atomic mass is 32.2. The van der Waals surface area contributed by atoms with Gasteiger partial charge in [-0.15, -0.1) is 0 Å². The lowest BCUT2D eigenvalue weighted by Gasteiger charge is -2.28. The molecule has 1 amide bonds. The number of benzene rings is 2. The van der Waals surface area contributed by atoms with Gasteiger partial charge in [0, 0.05) is 18.8 Å². The third-order valence-electron chi connectivity index (χ3n) is 5.17. The van der Waals surface area contributed by atoms with Crippen molar-refractivity contribution in [3.05, 3.63) is 54.6 Å². The quantitative estimate of drug-likeness (QED) is 0.677. The molecule has 10 heteroatoms. The molecule has 1 aliphatic rings. The second-order valence-electron chi connectivity index (χ2n) is 7.55. The second kappa shape index (κ2) is 9.37. The molecule has 0 aromatic heterocycles. The van der Waals surface area contributed by atoms with Crippen LogP contribution >= 0.6 is 0 Å². The highest BCUT2D eigenvalue weighted by molar-refractivity contribution is 7.92. The minimum Gasteiger partial charge on any atom is -0.324 e. The van der Waals surface area contributed by atoms with Crippen LogP contribution in [0.1, 0.15) is 26.2 Å². The summed E-state index contributed by atoms with van der Waals surface area (Å²) in [7, 11) is -7.26. The van der Waals surface area contributed by atoms with Crippen LogP contribution in [-0.2, 0) is 24.8 Å². The lowest BCUT2D eigenvalue weighted by molar-refractivity contribution is -0.116. The minimum absolute atomic E-state index is 0.169. The van der Waals surface area contributed by atoms with E-state index in [0.29, 0.717) is 24.5 Å². The number of piperidine rings is 1. The Labute approximate surface area is 184 Å². The highest BCUT2D eigenvalue weighted by Crippen LogP contribution is 2.23. The summed E-state index contributed by atoms with van der Waals surface area (Å²) in [5, 5.41) is 2.67. The van der Waals surface area contributed by atoms with Gasteiger partial charge in [0.2, 0.25) is 26.0 Å². The first kappa shape index (κ1) is 23.2. The molecule has 0 saturated carbocycles. The summed E-state index contributed by atoms with van der Waals surface area (Å²) < 4.78 is 52.7. The van der Waals surface area contributed by atoms with Crippen LogP contribution in [0.2, 0.25) is 0 Å². The van der Waals surface area contributed by atoms with Crippen LogP contribution in [0.3, 0.4) is 0 Å². The summed E-state index contributed by atoms with van der Waals surface area (Å²) in [6.45, 7) is 2.52. The van der Waals surface area contributed by atoms with E-state index in [1.807, 2.05) is 0 Å². The molecule has 1 fully saturated rings. The maximum atomic E-state index is 12.8. The van der Waals surface area contributed by atoms with Gasteiger partial charge in [0.1, 0.15) is 6.04 Å². The number of hydrogen-bond acceptors (Lipinski definition) is 5. The summed E-state index contributed by atoms with van der Waals surface area (Å²) >= 11 is 0. The van der Waals surface area contributed by atoms with E-state index in [1.165, 1.54) is 35.5 Å². The van der Waals surface area contributed by atoms with Gasteiger partial charge in [0.15, 0.2) is 0 Å². The monoisotopic (exact) mass is 465 g/mol. The van der Waals surface area contributed by atoms with E-state index in [9.17, 15) is 21.6 Å². The first-order chi connectivity index (χ1) is 14.6. The van der Waals surface area contributed by atoms with E-state index in [2.05, 4.69) is 5.32 Å². The fourth-order valence-corrected chi connectivity index (χ4v) is 6.29. The number of rotatable bonds is 7. The largest absolute Gasteiger partial charge is 0.324 e. The van der Waals surface area contributed by atoms with Crippen molar-refractivity contribution in [3.8, 4) is 0 Å². The molecule has 1 aliphatic heterocycles. The van der Waals surface area contributed by atoms with Crippen molar-refractivity contribution in [2.24, 2.45) is 0 Å². The molecule has 1 atom stereocenters. The number of para-hydroxylation sites is 1. The molecule has 31 heavy (non-hydrogen) atoms. The third kappa shape index (κ3) is 5.44. The van der Waals surface area contributed by atoms with E-state index < -0.39 is 32.0 Å². The van der Waals surface area contributed by atoms with Crippen molar-refractivity contribution >= 4 is 37.3 Å². The van der Waals surface area contributed by atoms with Crippen molar-refractivity contribution < 1.29 is 21.6 Å². The minimum atomic E-state index is -3.71. The van der Waals surface area contributed by atoms with Crippen molar-refractivity contribution in [2.45, 2.75) is 37.1 Å². The molecule has 0 radical (unpaired) electrons. The molecule has 8 nitrogen and oxygen atoms in total. The third-order valence-corrected chi connectivity index (χ3v) is 8.33. The molecule has 2 aromatic rings. The van der Waals surface area contributed by atoms with Gasteiger partial charge in [-0.25, -0.2) is 16.8 Å². The Morgan fingerprint density at radius 1 is 0.935 bits per heavy atom. The van der Waals surface area contributed by atoms with E-state index in [4.69, 9.17) is 0 Å². The highest BCUT2D eigenvalue weighted by Gasteiger charge is 2.29. The molecule has 0 spiro atoms. The summed E-state index contributed by atoms with van der Waals surface area (Å²) in [6.07, 6.45) is 3.78. The van der Waals surface area contributed by atoms with Gasteiger partial charge in [-0.2, -0.15) is 4.31 Å². The predicted octanol–water partition coefficient (Wildman–Crippen LogP) is 2.65. The normalized spacial score (nSPS) is 16.5. The zero-order chi connectivity index (χ0) is 22.6. The SMILES string of the molecule is C[C@@H](C(=O)Nc1ccc(S(=O)(=O)N2CCCCC2)cc1)N(c1ccccc1)S(C)(=O)=O. The van der Waals surface area contributed by atoms with Gasteiger partial charge in [-0.3, -0.25) is 9.10 Å². The molecule has 1 saturated heterocycles. The van der Waals surface area contributed by atoms with Crippen molar-refractivity contribution in [2.75, 3.05) is 29.0 Å². The first-order valence-electron chi connectivity index (χ1n) is 10.1. The molecular formula is C21H27N3O5S2. The zero-order valence-corrected chi connectivity index (χ0v) is 19.2. The average Bonchev–Trinajstić information content (AvgIpc) is 2.74. The number of anilines is 2. The van der Waals surface area contributed by atoms with Crippen LogP contribution in [0.4, 0.5) is 11.4 Å². The van der Waals surface area contributed by atoms with Crippen LogP contribution in [0.15, 0.2) is 59.5 Å². The Morgan fingerprint density at radius 2 is 1.52 bits per heavy atom. The summed E-state index contributed by atoms with van der Waals surface area (Å²) in [6, 6.07) is 13.3. The van der Waals surface area contributed by atoms with Crippen molar-refractivity contribution in [1.29, 1.82) is 0 Å². The van der Waals surface area contributed by atoms with E-state index in [1.54, 1.807) is 30.3 Å². The van der Waals surface area contributed by atoms with E-state index in [-0.39, 0.29) is 4.90 Å². The molecule has 2 aromatic carbocycles. The Hall–Kier alpha value is -2.43. The van der Waals surface area contributed by atoms with Crippen LogP contribution in [-0.4, -0.2) is 52.4 Å². The molecular weight excluding hydrogens is 438 g/mol. The zero-order valence-electron chi connectivity index (χ0n) is 17.6. The standard InChI is InChI=1S/C21H27N3O5S2/c1-17(24(30(2,26)27)19-9-5-3-6-10-19)21(25)22-18-11-13-20(14-12-18)31(28,29)23-15-7-4-8-16-23/h3,5-6,9-14,17H,4,7-8,15-16H2,1-2H3,(H,22,25)/t17-/m0/s1. The average molecular weight is 466 g/mol.